The molecule has 4 heteroatoms. The molecule has 1 aliphatic rings. The highest BCUT2D eigenvalue weighted by molar-refractivity contribution is 5.99. The summed E-state index contributed by atoms with van der Waals surface area (Å²) in [7, 11) is 1.77. The van der Waals surface area contributed by atoms with Crippen molar-refractivity contribution in [3.05, 3.63) is 23.8 Å². The van der Waals surface area contributed by atoms with Gasteiger partial charge in [-0.2, -0.15) is 0 Å². The molecular formula is C12H16N2O2. The molecule has 0 spiro atoms. The Morgan fingerprint density at radius 1 is 1.50 bits per heavy atom. The fourth-order valence-electron chi connectivity index (χ4n) is 1.88. The summed E-state index contributed by atoms with van der Waals surface area (Å²) in [5.41, 5.74) is 7.46. The van der Waals surface area contributed by atoms with E-state index in [4.69, 9.17) is 10.5 Å². The molecule has 1 atom stereocenters. The number of nitrogens with two attached hydrogens (primary N) is 1. The maximum atomic E-state index is 11.7. The standard InChI is InChI=1S/C12H16N2O2/c1-8-12(15)14(2)10-7-9(5-6-13)3-4-11(10)16-8/h3-4,7-8H,5-6,13H2,1-2H3. The SMILES string of the molecule is CC1Oc2ccc(CCN)cc2N(C)C1=O. The third-order valence-electron chi connectivity index (χ3n) is 2.80. The van der Waals surface area contributed by atoms with Crippen LogP contribution in [0.25, 0.3) is 0 Å². The van der Waals surface area contributed by atoms with Gasteiger partial charge in [-0.25, -0.2) is 0 Å². The van der Waals surface area contributed by atoms with Gasteiger partial charge in [-0.3, -0.25) is 4.79 Å². The van der Waals surface area contributed by atoms with Crippen molar-refractivity contribution in [1.29, 1.82) is 0 Å². The summed E-state index contributed by atoms with van der Waals surface area (Å²) in [6.45, 7) is 2.36. The third-order valence-corrected chi connectivity index (χ3v) is 2.80. The first kappa shape index (κ1) is 11.0. The van der Waals surface area contributed by atoms with Crippen LogP contribution in [0.3, 0.4) is 0 Å². The summed E-state index contributed by atoms with van der Waals surface area (Å²) in [6.07, 6.45) is 0.406. The normalized spacial score (nSPS) is 19.3. The Labute approximate surface area is 95.0 Å². The Bertz CT molecular complexity index is 417. The third kappa shape index (κ3) is 1.76. The lowest BCUT2D eigenvalue weighted by Crippen LogP contribution is -2.42. The summed E-state index contributed by atoms with van der Waals surface area (Å²) in [5.74, 6) is 0.743. The Morgan fingerprint density at radius 3 is 2.94 bits per heavy atom. The number of ether oxygens (including phenoxy) is 1. The maximum absolute atomic E-state index is 11.7. The molecule has 1 aliphatic heterocycles. The number of benzene rings is 1. The van der Waals surface area contributed by atoms with E-state index in [-0.39, 0.29) is 5.91 Å². The smallest absolute Gasteiger partial charge is 0.267 e. The second-order valence-electron chi connectivity index (χ2n) is 4.00. The molecule has 4 nitrogen and oxygen atoms in total. The van der Waals surface area contributed by atoms with Crippen molar-refractivity contribution in [2.24, 2.45) is 5.73 Å². The summed E-state index contributed by atoms with van der Waals surface area (Å²) in [4.78, 5) is 13.4. The molecule has 0 fully saturated rings. The molecule has 1 amide bonds. The van der Waals surface area contributed by atoms with E-state index in [1.807, 2.05) is 18.2 Å². The second-order valence-corrected chi connectivity index (χ2v) is 4.00. The minimum Gasteiger partial charge on any atom is -0.479 e. The van der Waals surface area contributed by atoms with Gasteiger partial charge in [0.2, 0.25) is 0 Å². The largest absolute Gasteiger partial charge is 0.479 e. The van der Waals surface area contributed by atoms with Crippen LogP contribution in [0.5, 0.6) is 5.75 Å². The fourth-order valence-corrected chi connectivity index (χ4v) is 1.88. The zero-order chi connectivity index (χ0) is 11.7. The number of nitrogens with zero attached hydrogens (tertiary/aromatic N) is 1. The highest BCUT2D eigenvalue weighted by atomic mass is 16.5. The van der Waals surface area contributed by atoms with E-state index in [9.17, 15) is 4.79 Å². The minimum absolute atomic E-state index is 0.0163. The summed E-state index contributed by atoms with van der Waals surface area (Å²) < 4.78 is 5.53. The molecule has 1 aromatic rings. The van der Waals surface area contributed by atoms with Gasteiger partial charge in [0.25, 0.3) is 5.91 Å². The van der Waals surface area contributed by atoms with Crippen molar-refractivity contribution in [1.82, 2.24) is 0 Å². The first-order chi connectivity index (χ1) is 7.63. The lowest BCUT2D eigenvalue weighted by atomic mass is 10.1. The van der Waals surface area contributed by atoms with Crippen molar-refractivity contribution < 1.29 is 9.53 Å². The molecule has 0 aromatic heterocycles. The van der Waals surface area contributed by atoms with Crippen LogP contribution >= 0.6 is 0 Å². The van der Waals surface area contributed by atoms with E-state index >= 15 is 0 Å². The molecule has 0 radical (unpaired) electrons. The van der Waals surface area contributed by atoms with Crippen molar-refractivity contribution in [3.63, 3.8) is 0 Å². The van der Waals surface area contributed by atoms with Gasteiger partial charge in [-0.05, 0) is 37.6 Å². The zero-order valence-corrected chi connectivity index (χ0v) is 9.56. The molecule has 86 valence electrons. The molecule has 1 aromatic carbocycles. The number of likely N-dealkylation sites (N-methyl/N-ethyl adjacent to an activating group) is 1. The molecule has 16 heavy (non-hydrogen) atoms. The molecular weight excluding hydrogens is 204 g/mol. The van der Waals surface area contributed by atoms with Crippen LogP contribution in [0.1, 0.15) is 12.5 Å². The Hall–Kier alpha value is -1.55. The van der Waals surface area contributed by atoms with Crippen LogP contribution in [0, 0.1) is 0 Å². The fraction of sp³-hybridized carbons (Fsp3) is 0.417. The van der Waals surface area contributed by atoms with E-state index in [0.29, 0.717) is 6.54 Å². The summed E-state index contributed by atoms with van der Waals surface area (Å²) >= 11 is 0. The van der Waals surface area contributed by atoms with E-state index < -0.39 is 6.10 Å². The van der Waals surface area contributed by atoms with E-state index in [2.05, 4.69) is 0 Å². The van der Waals surface area contributed by atoms with Crippen LogP contribution in [-0.2, 0) is 11.2 Å². The monoisotopic (exact) mass is 220 g/mol. The number of carbonyl (C=O) groups is 1. The van der Waals surface area contributed by atoms with E-state index in [1.165, 1.54) is 0 Å². The average Bonchev–Trinajstić information content (AvgIpc) is 2.28. The quantitative estimate of drug-likeness (QED) is 0.806. The van der Waals surface area contributed by atoms with Crippen molar-refractivity contribution in [2.75, 3.05) is 18.5 Å². The van der Waals surface area contributed by atoms with Gasteiger partial charge in [0, 0.05) is 7.05 Å². The summed E-state index contributed by atoms with van der Waals surface area (Å²) in [6, 6.07) is 5.85. The van der Waals surface area contributed by atoms with Crippen molar-refractivity contribution >= 4 is 11.6 Å². The molecule has 2 N–H and O–H groups in total. The van der Waals surface area contributed by atoms with Gasteiger partial charge in [0.15, 0.2) is 6.10 Å². The Morgan fingerprint density at radius 2 is 2.25 bits per heavy atom. The van der Waals surface area contributed by atoms with E-state index in [0.717, 1.165) is 23.4 Å². The van der Waals surface area contributed by atoms with Crippen molar-refractivity contribution in [3.8, 4) is 5.75 Å². The molecule has 1 unspecified atom stereocenters. The number of amides is 1. The highest BCUT2D eigenvalue weighted by Crippen LogP contribution is 2.33. The number of anilines is 1. The molecule has 0 saturated heterocycles. The minimum atomic E-state index is -0.405. The maximum Gasteiger partial charge on any atom is 0.267 e. The first-order valence-electron chi connectivity index (χ1n) is 5.40. The number of carbonyl (C=O) groups excluding carboxylic acids is 1. The van der Waals surface area contributed by atoms with Crippen LogP contribution in [0.2, 0.25) is 0 Å². The predicted octanol–water partition coefficient (Wildman–Crippen LogP) is 0.931. The van der Waals surface area contributed by atoms with Gasteiger partial charge < -0.3 is 15.4 Å². The molecule has 1 heterocycles. The molecule has 0 bridgehead atoms. The first-order valence-corrected chi connectivity index (χ1v) is 5.40. The van der Waals surface area contributed by atoms with Gasteiger partial charge >= 0.3 is 0 Å². The number of fused-ring (bicyclic) bond motifs is 1. The highest BCUT2D eigenvalue weighted by Gasteiger charge is 2.28. The van der Waals surface area contributed by atoms with Gasteiger partial charge in [-0.15, -0.1) is 0 Å². The second kappa shape index (κ2) is 4.14. The lowest BCUT2D eigenvalue weighted by molar-refractivity contribution is -0.125. The number of rotatable bonds is 2. The van der Waals surface area contributed by atoms with Crippen molar-refractivity contribution in [2.45, 2.75) is 19.4 Å². The molecule has 2 rings (SSSR count). The Balaban J connectivity index is 2.38. The van der Waals surface area contributed by atoms with Gasteiger partial charge in [0.1, 0.15) is 5.75 Å². The van der Waals surface area contributed by atoms with Gasteiger partial charge in [0.05, 0.1) is 5.69 Å². The van der Waals surface area contributed by atoms with E-state index in [1.54, 1.807) is 18.9 Å². The number of hydrogen-bond acceptors (Lipinski definition) is 3. The van der Waals surface area contributed by atoms with Crippen LogP contribution < -0.4 is 15.4 Å². The van der Waals surface area contributed by atoms with Crippen LogP contribution in [0.15, 0.2) is 18.2 Å². The zero-order valence-electron chi connectivity index (χ0n) is 9.56. The lowest BCUT2D eigenvalue weighted by Gasteiger charge is -2.30. The molecule has 0 saturated carbocycles. The van der Waals surface area contributed by atoms with Gasteiger partial charge in [-0.1, -0.05) is 6.07 Å². The predicted molar refractivity (Wildman–Crippen MR) is 62.7 cm³/mol. The van der Waals surface area contributed by atoms with Crippen LogP contribution in [0.4, 0.5) is 5.69 Å². The Kier molecular flexibility index (Phi) is 2.83. The average molecular weight is 220 g/mol. The number of hydrogen-bond donors (Lipinski definition) is 1. The topological polar surface area (TPSA) is 55.6 Å². The van der Waals surface area contributed by atoms with Crippen LogP contribution in [-0.4, -0.2) is 25.6 Å². The molecule has 0 aliphatic carbocycles. The summed E-state index contributed by atoms with van der Waals surface area (Å²) in [5, 5.41) is 0.